The normalized spacial score (nSPS) is 21.2. The Morgan fingerprint density at radius 1 is 1.31 bits per heavy atom. The van der Waals surface area contributed by atoms with Crippen LogP contribution in [0.3, 0.4) is 0 Å². The second-order valence-corrected chi connectivity index (χ2v) is 5.80. The maximum atomic E-state index is 13.3. The van der Waals surface area contributed by atoms with Crippen LogP contribution in [0.4, 0.5) is 8.78 Å². The Kier molecular flexibility index (Phi) is 2.94. The maximum absolute atomic E-state index is 13.3. The van der Waals surface area contributed by atoms with Gasteiger partial charge in [0.2, 0.25) is 0 Å². The van der Waals surface area contributed by atoms with Gasteiger partial charge in [0.15, 0.2) is 9.84 Å². The third-order valence-electron chi connectivity index (χ3n) is 2.53. The summed E-state index contributed by atoms with van der Waals surface area (Å²) in [6, 6.07) is 2.42. The molecule has 1 aromatic carbocycles. The highest BCUT2D eigenvalue weighted by Gasteiger charge is 2.33. The van der Waals surface area contributed by atoms with Crippen molar-refractivity contribution in [3.63, 3.8) is 0 Å². The monoisotopic (exact) mass is 248 g/mol. The smallest absolute Gasteiger partial charge is 0.186 e. The lowest BCUT2D eigenvalue weighted by atomic mass is 10.3. The van der Waals surface area contributed by atoms with E-state index in [4.69, 9.17) is 4.74 Å². The van der Waals surface area contributed by atoms with Crippen molar-refractivity contribution < 1.29 is 21.9 Å². The average Bonchev–Trinajstić information content (AvgIpc) is 2.75. The summed E-state index contributed by atoms with van der Waals surface area (Å²) in [5, 5.41) is -0.774. The number of ether oxygens (including phenoxy) is 1. The SMILES string of the molecule is O=S(=O)(c1cc(F)ccc1F)[C@H]1CCOC1. The molecule has 1 heterocycles. The van der Waals surface area contributed by atoms with E-state index < -0.39 is 31.6 Å². The van der Waals surface area contributed by atoms with Crippen LogP contribution in [-0.2, 0) is 14.6 Å². The summed E-state index contributed by atoms with van der Waals surface area (Å²) in [4.78, 5) is -0.581. The number of halogens is 2. The molecule has 0 amide bonds. The highest BCUT2D eigenvalue weighted by Crippen LogP contribution is 2.25. The molecule has 1 saturated heterocycles. The van der Waals surface area contributed by atoms with Crippen molar-refractivity contribution in [1.29, 1.82) is 0 Å². The van der Waals surface area contributed by atoms with E-state index in [0.29, 0.717) is 19.1 Å². The molecule has 0 unspecified atom stereocenters. The Labute approximate surface area is 92.0 Å². The fourth-order valence-electron chi connectivity index (χ4n) is 1.63. The minimum Gasteiger partial charge on any atom is -0.380 e. The number of benzene rings is 1. The molecule has 0 radical (unpaired) electrons. The number of hydrogen-bond acceptors (Lipinski definition) is 3. The first-order valence-electron chi connectivity index (χ1n) is 4.78. The van der Waals surface area contributed by atoms with Gasteiger partial charge in [-0.1, -0.05) is 0 Å². The molecule has 16 heavy (non-hydrogen) atoms. The lowest BCUT2D eigenvalue weighted by Gasteiger charge is -2.10. The average molecular weight is 248 g/mol. The van der Waals surface area contributed by atoms with E-state index in [1.165, 1.54) is 0 Å². The van der Waals surface area contributed by atoms with Crippen LogP contribution in [0, 0.1) is 11.6 Å². The van der Waals surface area contributed by atoms with Crippen molar-refractivity contribution in [1.82, 2.24) is 0 Å². The van der Waals surface area contributed by atoms with Crippen molar-refractivity contribution >= 4 is 9.84 Å². The molecule has 1 aliphatic heterocycles. The molecule has 1 aliphatic rings. The van der Waals surface area contributed by atoms with E-state index in [1.54, 1.807) is 0 Å². The fraction of sp³-hybridized carbons (Fsp3) is 0.400. The van der Waals surface area contributed by atoms with Gasteiger partial charge in [0.25, 0.3) is 0 Å². The summed E-state index contributed by atoms with van der Waals surface area (Å²) in [5.74, 6) is -1.69. The highest BCUT2D eigenvalue weighted by molar-refractivity contribution is 7.92. The van der Waals surface area contributed by atoms with Crippen LogP contribution in [0.25, 0.3) is 0 Å². The van der Waals surface area contributed by atoms with Crippen LogP contribution in [-0.4, -0.2) is 26.9 Å². The summed E-state index contributed by atoms with van der Waals surface area (Å²) >= 11 is 0. The third kappa shape index (κ3) is 1.94. The minimum absolute atomic E-state index is 0.0400. The van der Waals surface area contributed by atoms with E-state index >= 15 is 0 Å². The number of sulfone groups is 1. The van der Waals surface area contributed by atoms with Crippen LogP contribution >= 0.6 is 0 Å². The number of hydrogen-bond donors (Lipinski definition) is 0. The summed E-state index contributed by atoms with van der Waals surface area (Å²) < 4.78 is 55.0. The Balaban J connectivity index is 2.46. The number of rotatable bonds is 2. The molecule has 0 aromatic heterocycles. The molecule has 0 saturated carbocycles. The van der Waals surface area contributed by atoms with Gasteiger partial charge in [-0.15, -0.1) is 0 Å². The van der Waals surface area contributed by atoms with Gasteiger partial charge in [-0.2, -0.15) is 0 Å². The van der Waals surface area contributed by atoms with E-state index in [1.807, 2.05) is 0 Å². The second kappa shape index (κ2) is 4.10. The first-order chi connectivity index (χ1) is 7.51. The third-order valence-corrected chi connectivity index (χ3v) is 4.70. The molecule has 6 heteroatoms. The van der Waals surface area contributed by atoms with Crippen LogP contribution in [0.5, 0.6) is 0 Å². The predicted octanol–water partition coefficient (Wildman–Crippen LogP) is 1.53. The quantitative estimate of drug-likeness (QED) is 0.797. The molecule has 1 aromatic rings. The summed E-state index contributed by atoms with van der Waals surface area (Å²) in [7, 11) is -3.83. The molecular formula is C10H10F2O3S. The van der Waals surface area contributed by atoms with Crippen molar-refractivity contribution in [2.45, 2.75) is 16.6 Å². The van der Waals surface area contributed by atoms with Crippen molar-refractivity contribution in [3.05, 3.63) is 29.8 Å². The molecule has 3 nitrogen and oxygen atoms in total. The zero-order valence-corrected chi connectivity index (χ0v) is 9.14. The van der Waals surface area contributed by atoms with Crippen LogP contribution in [0.1, 0.15) is 6.42 Å². The molecule has 1 atom stereocenters. The predicted molar refractivity (Wildman–Crippen MR) is 52.8 cm³/mol. The van der Waals surface area contributed by atoms with Crippen LogP contribution in [0.15, 0.2) is 23.1 Å². The lowest BCUT2D eigenvalue weighted by Crippen LogP contribution is -2.22. The van der Waals surface area contributed by atoms with Crippen molar-refractivity contribution in [2.75, 3.05) is 13.2 Å². The molecular weight excluding hydrogens is 238 g/mol. The van der Waals surface area contributed by atoms with Gasteiger partial charge in [0.05, 0.1) is 11.9 Å². The Morgan fingerprint density at radius 2 is 2.06 bits per heavy atom. The zero-order valence-electron chi connectivity index (χ0n) is 8.32. The Hall–Kier alpha value is -1.01. The first-order valence-corrected chi connectivity index (χ1v) is 6.33. The van der Waals surface area contributed by atoms with E-state index in [0.717, 1.165) is 12.1 Å². The Morgan fingerprint density at radius 3 is 2.69 bits per heavy atom. The first kappa shape index (κ1) is 11.5. The standard InChI is InChI=1S/C10H10F2O3S/c11-7-1-2-9(12)10(5-7)16(13,14)8-3-4-15-6-8/h1-2,5,8H,3-4,6H2/t8-/m0/s1. The molecule has 0 N–H and O–H groups in total. The molecule has 1 fully saturated rings. The van der Waals surface area contributed by atoms with Gasteiger partial charge in [0, 0.05) is 6.61 Å². The zero-order chi connectivity index (χ0) is 11.8. The van der Waals surface area contributed by atoms with Crippen LogP contribution < -0.4 is 0 Å². The van der Waals surface area contributed by atoms with E-state index in [9.17, 15) is 17.2 Å². The Bertz CT molecular complexity index is 493. The van der Waals surface area contributed by atoms with Gasteiger partial charge in [0.1, 0.15) is 16.5 Å². The topological polar surface area (TPSA) is 43.4 Å². The summed E-state index contributed by atoms with van der Waals surface area (Å²) in [6.07, 6.45) is 0.318. The van der Waals surface area contributed by atoms with E-state index in [2.05, 4.69) is 0 Å². The van der Waals surface area contributed by atoms with Crippen molar-refractivity contribution in [2.24, 2.45) is 0 Å². The molecule has 2 rings (SSSR count). The lowest BCUT2D eigenvalue weighted by molar-refractivity contribution is 0.198. The van der Waals surface area contributed by atoms with Gasteiger partial charge < -0.3 is 4.74 Å². The molecule has 0 bridgehead atoms. The van der Waals surface area contributed by atoms with Gasteiger partial charge in [-0.3, -0.25) is 0 Å². The van der Waals surface area contributed by atoms with Gasteiger partial charge in [-0.25, -0.2) is 17.2 Å². The molecule has 0 aliphatic carbocycles. The van der Waals surface area contributed by atoms with Crippen LogP contribution in [0.2, 0.25) is 0 Å². The second-order valence-electron chi connectivity index (χ2n) is 3.61. The fourth-order valence-corrected chi connectivity index (χ4v) is 3.29. The van der Waals surface area contributed by atoms with Crippen molar-refractivity contribution in [3.8, 4) is 0 Å². The molecule has 88 valence electrons. The van der Waals surface area contributed by atoms with Gasteiger partial charge in [-0.05, 0) is 24.6 Å². The largest absolute Gasteiger partial charge is 0.380 e. The van der Waals surface area contributed by atoms with E-state index in [-0.39, 0.29) is 6.61 Å². The summed E-state index contributed by atoms with van der Waals surface area (Å²) in [6.45, 7) is 0.374. The highest BCUT2D eigenvalue weighted by atomic mass is 32.2. The minimum atomic E-state index is -3.83. The van der Waals surface area contributed by atoms with Gasteiger partial charge >= 0.3 is 0 Å². The maximum Gasteiger partial charge on any atom is 0.186 e. The molecule has 0 spiro atoms. The summed E-state index contributed by atoms with van der Waals surface area (Å²) in [5.41, 5.74) is 0.